The minimum atomic E-state index is -4.50. The molecule has 0 amide bonds. The highest BCUT2D eigenvalue weighted by atomic mass is 32.1. The van der Waals surface area contributed by atoms with E-state index in [1.807, 2.05) is 6.92 Å². The van der Waals surface area contributed by atoms with Crippen LogP contribution < -0.4 is 11.1 Å². The van der Waals surface area contributed by atoms with E-state index in [2.05, 4.69) is 17.5 Å². The Hall–Kier alpha value is -1.34. The SMILES string of the molecule is CCCC(COC)Nc1ccc(C(N)=S)c(C(F)(F)F)c1. The van der Waals surface area contributed by atoms with E-state index in [9.17, 15) is 13.2 Å². The van der Waals surface area contributed by atoms with Crippen LogP contribution >= 0.6 is 12.2 Å². The maximum absolute atomic E-state index is 13.1. The third kappa shape index (κ3) is 5.17. The average molecular weight is 320 g/mol. The van der Waals surface area contributed by atoms with Crippen molar-refractivity contribution in [2.75, 3.05) is 19.0 Å². The number of rotatable bonds is 7. The van der Waals surface area contributed by atoms with Crippen LogP contribution in [0.15, 0.2) is 18.2 Å². The molecule has 3 nitrogen and oxygen atoms in total. The molecule has 0 aliphatic rings. The van der Waals surface area contributed by atoms with Gasteiger partial charge in [-0.05, 0) is 24.6 Å². The van der Waals surface area contributed by atoms with Crippen LogP contribution in [0.5, 0.6) is 0 Å². The Labute approximate surface area is 127 Å². The van der Waals surface area contributed by atoms with Crippen LogP contribution in [0.4, 0.5) is 18.9 Å². The third-order valence-electron chi connectivity index (χ3n) is 2.97. The smallest absolute Gasteiger partial charge is 0.389 e. The fraction of sp³-hybridized carbons (Fsp3) is 0.500. The summed E-state index contributed by atoms with van der Waals surface area (Å²) in [5.41, 5.74) is 4.73. The summed E-state index contributed by atoms with van der Waals surface area (Å²) in [6, 6.07) is 3.83. The molecule has 1 aromatic carbocycles. The maximum atomic E-state index is 13.1. The summed E-state index contributed by atoms with van der Waals surface area (Å²) < 4.78 is 44.2. The highest BCUT2D eigenvalue weighted by molar-refractivity contribution is 7.80. The van der Waals surface area contributed by atoms with E-state index in [1.165, 1.54) is 6.07 Å². The second kappa shape index (κ2) is 7.61. The van der Waals surface area contributed by atoms with Crippen LogP contribution in [0.25, 0.3) is 0 Å². The standard InChI is InChI=1S/C14H19F3N2OS/c1-3-4-10(8-20-2)19-9-5-6-11(13(18)21)12(7-9)14(15,16)17/h5-7,10,19H,3-4,8H2,1-2H3,(H2,18,21). The van der Waals surface area contributed by atoms with E-state index < -0.39 is 11.7 Å². The second-order valence-electron chi connectivity index (χ2n) is 4.71. The summed E-state index contributed by atoms with van der Waals surface area (Å²) in [5, 5.41) is 3.05. The van der Waals surface area contributed by atoms with Crippen LogP contribution in [-0.2, 0) is 10.9 Å². The van der Waals surface area contributed by atoms with Gasteiger partial charge in [0.2, 0.25) is 0 Å². The zero-order chi connectivity index (χ0) is 16.0. The highest BCUT2D eigenvalue weighted by Gasteiger charge is 2.34. The molecule has 0 aromatic heterocycles. The number of nitrogens with two attached hydrogens (primary N) is 1. The second-order valence-corrected chi connectivity index (χ2v) is 5.15. The Morgan fingerprint density at radius 1 is 1.43 bits per heavy atom. The molecule has 3 N–H and O–H groups in total. The van der Waals surface area contributed by atoms with Crippen LogP contribution in [-0.4, -0.2) is 24.7 Å². The highest BCUT2D eigenvalue weighted by Crippen LogP contribution is 2.34. The molecule has 0 aliphatic heterocycles. The van der Waals surface area contributed by atoms with Crippen molar-refractivity contribution in [3.05, 3.63) is 29.3 Å². The molecule has 0 heterocycles. The molecule has 0 spiro atoms. The molecule has 1 atom stereocenters. The van der Waals surface area contributed by atoms with Gasteiger partial charge in [-0.1, -0.05) is 25.6 Å². The molecule has 118 valence electrons. The van der Waals surface area contributed by atoms with Gasteiger partial charge in [-0.15, -0.1) is 0 Å². The van der Waals surface area contributed by atoms with Gasteiger partial charge in [0, 0.05) is 24.4 Å². The summed E-state index contributed by atoms with van der Waals surface area (Å²) in [6.45, 7) is 2.42. The Bertz CT molecular complexity index is 486. The van der Waals surface area contributed by atoms with Crippen molar-refractivity contribution < 1.29 is 17.9 Å². The summed E-state index contributed by atoms with van der Waals surface area (Å²) in [7, 11) is 1.56. The molecule has 7 heteroatoms. The van der Waals surface area contributed by atoms with E-state index >= 15 is 0 Å². The van der Waals surface area contributed by atoms with Gasteiger partial charge < -0.3 is 15.8 Å². The summed E-state index contributed by atoms with van der Waals surface area (Å²) in [5.74, 6) is 0. The van der Waals surface area contributed by atoms with Gasteiger partial charge in [-0.3, -0.25) is 0 Å². The van der Waals surface area contributed by atoms with Crippen LogP contribution in [0.2, 0.25) is 0 Å². The van der Waals surface area contributed by atoms with Crippen LogP contribution in [0.3, 0.4) is 0 Å². The van der Waals surface area contributed by atoms with Gasteiger partial charge in [-0.25, -0.2) is 0 Å². The number of alkyl halides is 3. The van der Waals surface area contributed by atoms with Crippen LogP contribution in [0, 0.1) is 0 Å². The molecule has 21 heavy (non-hydrogen) atoms. The number of anilines is 1. The van der Waals surface area contributed by atoms with Crippen molar-refractivity contribution in [2.45, 2.75) is 32.0 Å². The van der Waals surface area contributed by atoms with E-state index in [4.69, 9.17) is 10.5 Å². The van der Waals surface area contributed by atoms with Crippen molar-refractivity contribution in [1.82, 2.24) is 0 Å². The molecular formula is C14H19F3N2OS. The quantitative estimate of drug-likeness (QED) is 0.754. The van der Waals surface area contributed by atoms with Crippen molar-refractivity contribution in [1.29, 1.82) is 0 Å². The lowest BCUT2D eigenvalue weighted by atomic mass is 10.0. The molecular weight excluding hydrogens is 301 g/mol. The number of ether oxygens (including phenoxy) is 1. The van der Waals surface area contributed by atoms with Gasteiger partial charge >= 0.3 is 6.18 Å². The first-order valence-corrected chi connectivity index (χ1v) is 6.97. The normalized spacial score (nSPS) is 13.0. The van der Waals surface area contributed by atoms with Gasteiger partial charge in [0.05, 0.1) is 12.2 Å². The first-order chi connectivity index (χ1) is 9.79. The molecule has 0 bridgehead atoms. The largest absolute Gasteiger partial charge is 0.417 e. The number of benzene rings is 1. The monoisotopic (exact) mass is 320 g/mol. The fourth-order valence-electron chi connectivity index (χ4n) is 2.07. The maximum Gasteiger partial charge on any atom is 0.417 e. The Morgan fingerprint density at radius 3 is 2.57 bits per heavy atom. The van der Waals surface area contributed by atoms with Gasteiger partial charge in [0.1, 0.15) is 4.99 Å². The topological polar surface area (TPSA) is 47.3 Å². The lowest BCUT2D eigenvalue weighted by Crippen LogP contribution is -2.25. The molecule has 0 radical (unpaired) electrons. The number of nitrogens with one attached hydrogen (secondary N) is 1. The molecule has 0 saturated heterocycles. The zero-order valence-electron chi connectivity index (χ0n) is 12.0. The van der Waals surface area contributed by atoms with Crippen molar-refractivity contribution >= 4 is 22.9 Å². The number of methoxy groups -OCH3 is 1. The zero-order valence-corrected chi connectivity index (χ0v) is 12.8. The van der Waals surface area contributed by atoms with Gasteiger partial charge in [0.25, 0.3) is 0 Å². The van der Waals surface area contributed by atoms with E-state index in [0.717, 1.165) is 18.9 Å². The lowest BCUT2D eigenvalue weighted by molar-refractivity contribution is -0.137. The van der Waals surface area contributed by atoms with Crippen molar-refractivity contribution in [3.63, 3.8) is 0 Å². The third-order valence-corrected chi connectivity index (χ3v) is 3.19. The predicted molar refractivity (Wildman–Crippen MR) is 81.5 cm³/mol. The fourth-order valence-corrected chi connectivity index (χ4v) is 2.24. The number of hydrogen-bond acceptors (Lipinski definition) is 3. The van der Waals surface area contributed by atoms with Crippen molar-refractivity contribution in [3.8, 4) is 0 Å². The summed E-state index contributed by atoms with van der Waals surface area (Å²) in [4.78, 5) is -0.268. The number of thiocarbonyl (C=S) groups is 1. The van der Waals surface area contributed by atoms with Crippen LogP contribution in [0.1, 0.15) is 30.9 Å². The van der Waals surface area contributed by atoms with Gasteiger partial charge in [0.15, 0.2) is 0 Å². The Kier molecular flexibility index (Phi) is 6.42. The van der Waals surface area contributed by atoms with Gasteiger partial charge in [-0.2, -0.15) is 13.2 Å². The molecule has 0 fully saturated rings. The number of hydrogen-bond donors (Lipinski definition) is 2. The molecule has 0 saturated carbocycles. The Balaban J connectivity index is 3.07. The first kappa shape index (κ1) is 17.7. The van der Waals surface area contributed by atoms with E-state index in [0.29, 0.717) is 12.3 Å². The van der Waals surface area contributed by atoms with Crippen molar-refractivity contribution in [2.24, 2.45) is 5.73 Å². The summed E-state index contributed by atoms with van der Waals surface area (Å²) in [6.07, 6.45) is -2.80. The Morgan fingerprint density at radius 2 is 2.10 bits per heavy atom. The molecule has 1 rings (SSSR count). The number of halogens is 3. The average Bonchev–Trinajstić information content (AvgIpc) is 2.38. The summed E-state index contributed by atoms with van der Waals surface area (Å²) >= 11 is 4.67. The first-order valence-electron chi connectivity index (χ1n) is 6.56. The minimum Gasteiger partial charge on any atom is -0.389 e. The molecule has 1 unspecified atom stereocenters. The molecule has 1 aromatic rings. The lowest BCUT2D eigenvalue weighted by Gasteiger charge is -2.20. The van der Waals surface area contributed by atoms with E-state index in [1.54, 1.807) is 13.2 Å². The predicted octanol–water partition coefficient (Wildman–Crippen LogP) is 3.57. The minimum absolute atomic E-state index is 0.0447. The molecule has 0 aliphatic carbocycles. The van der Waals surface area contributed by atoms with E-state index in [-0.39, 0.29) is 16.6 Å².